The van der Waals surface area contributed by atoms with Crippen LogP contribution in [0.15, 0.2) is 24.3 Å². The third kappa shape index (κ3) is 3.43. The van der Waals surface area contributed by atoms with Crippen molar-refractivity contribution < 1.29 is 14.0 Å². The van der Waals surface area contributed by atoms with E-state index < -0.39 is 0 Å². The first-order valence-corrected chi connectivity index (χ1v) is 7.84. The van der Waals surface area contributed by atoms with Gasteiger partial charge in [-0.25, -0.2) is 0 Å². The van der Waals surface area contributed by atoms with Crippen LogP contribution in [0.2, 0.25) is 0 Å². The van der Waals surface area contributed by atoms with Crippen molar-refractivity contribution in [2.45, 2.75) is 59.2 Å². The molecule has 1 aromatic rings. The molecule has 1 atom stereocenters. The van der Waals surface area contributed by atoms with Gasteiger partial charge in [0.25, 0.3) is 0 Å². The molecule has 0 aliphatic carbocycles. The maximum absolute atomic E-state index is 6.12. The summed E-state index contributed by atoms with van der Waals surface area (Å²) >= 11 is 0. The molecule has 1 aromatic carbocycles. The molecule has 2 rings (SSSR count). The Morgan fingerprint density at radius 2 is 1.67 bits per heavy atom. The minimum Gasteiger partial charge on any atom is -0.494 e. The summed E-state index contributed by atoms with van der Waals surface area (Å²) in [6.45, 7) is 13.3. The SMILES string of the molecule is CCC(C)COc1ccccc1B1OC(C)(C)C(C)(C)O1. The number of ether oxygens (including phenoxy) is 1. The third-order valence-electron chi connectivity index (χ3n) is 4.65. The Morgan fingerprint density at radius 1 is 1.10 bits per heavy atom. The summed E-state index contributed by atoms with van der Waals surface area (Å²) in [5, 5.41) is 0. The summed E-state index contributed by atoms with van der Waals surface area (Å²) in [4.78, 5) is 0. The summed E-state index contributed by atoms with van der Waals surface area (Å²) in [5.74, 6) is 1.40. The summed E-state index contributed by atoms with van der Waals surface area (Å²) in [6.07, 6.45) is 1.11. The summed E-state index contributed by atoms with van der Waals surface area (Å²) < 4.78 is 18.2. The second-order valence-corrected chi connectivity index (χ2v) is 6.95. The second kappa shape index (κ2) is 6.01. The van der Waals surface area contributed by atoms with Crippen molar-refractivity contribution in [3.63, 3.8) is 0 Å². The topological polar surface area (TPSA) is 27.7 Å². The maximum Gasteiger partial charge on any atom is 0.498 e. The predicted molar refractivity (Wildman–Crippen MR) is 87.1 cm³/mol. The van der Waals surface area contributed by atoms with Crippen molar-refractivity contribution in [2.24, 2.45) is 5.92 Å². The summed E-state index contributed by atoms with van der Waals surface area (Å²) in [5.41, 5.74) is 0.308. The highest BCUT2D eigenvalue weighted by molar-refractivity contribution is 6.63. The quantitative estimate of drug-likeness (QED) is 0.778. The van der Waals surface area contributed by atoms with E-state index in [0.717, 1.165) is 17.6 Å². The standard InChI is InChI=1S/C17H27BO3/c1-7-13(2)12-19-15-11-9-8-10-14(15)18-20-16(3,4)17(5,6)21-18/h8-11,13H,7,12H2,1-6H3. The molecule has 1 heterocycles. The van der Waals surface area contributed by atoms with Crippen LogP contribution in [0, 0.1) is 5.92 Å². The Kier molecular flexibility index (Phi) is 4.69. The Morgan fingerprint density at radius 3 is 2.24 bits per heavy atom. The Bertz CT molecular complexity index is 469. The Hall–Kier alpha value is -0.995. The highest BCUT2D eigenvalue weighted by atomic mass is 16.7. The van der Waals surface area contributed by atoms with Gasteiger partial charge in [0.05, 0.1) is 17.8 Å². The van der Waals surface area contributed by atoms with Gasteiger partial charge in [0.15, 0.2) is 0 Å². The highest BCUT2D eigenvalue weighted by Gasteiger charge is 2.52. The molecule has 1 fully saturated rings. The summed E-state index contributed by atoms with van der Waals surface area (Å²) in [7, 11) is -0.372. The van der Waals surface area contributed by atoms with Gasteiger partial charge in [0.2, 0.25) is 0 Å². The van der Waals surface area contributed by atoms with Crippen molar-refractivity contribution in [3.8, 4) is 5.75 Å². The first-order chi connectivity index (χ1) is 9.77. The fourth-order valence-electron chi connectivity index (χ4n) is 2.13. The van der Waals surface area contributed by atoms with E-state index in [1.54, 1.807) is 0 Å². The van der Waals surface area contributed by atoms with E-state index in [4.69, 9.17) is 14.0 Å². The van der Waals surface area contributed by atoms with Crippen LogP contribution >= 0.6 is 0 Å². The van der Waals surface area contributed by atoms with Crippen LogP contribution < -0.4 is 10.2 Å². The molecule has 1 unspecified atom stereocenters. The fourth-order valence-corrected chi connectivity index (χ4v) is 2.13. The van der Waals surface area contributed by atoms with E-state index in [1.807, 2.05) is 24.3 Å². The number of para-hydroxylation sites is 1. The van der Waals surface area contributed by atoms with Crippen molar-refractivity contribution in [1.29, 1.82) is 0 Å². The first-order valence-electron chi connectivity index (χ1n) is 7.84. The number of hydrogen-bond donors (Lipinski definition) is 0. The number of rotatable bonds is 5. The normalized spacial score (nSPS) is 21.3. The van der Waals surface area contributed by atoms with Gasteiger partial charge in [0.1, 0.15) is 5.75 Å². The molecular weight excluding hydrogens is 263 g/mol. The van der Waals surface area contributed by atoms with E-state index in [2.05, 4.69) is 41.5 Å². The van der Waals surface area contributed by atoms with E-state index in [-0.39, 0.29) is 18.3 Å². The zero-order chi connectivity index (χ0) is 15.7. The molecule has 0 spiro atoms. The van der Waals surface area contributed by atoms with Gasteiger partial charge in [-0.1, -0.05) is 38.5 Å². The molecular formula is C17H27BO3. The minimum atomic E-state index is -0.372. The molecule has 4 heteroatoms. The lowest BCUT2D eigenvalue weighted by molar-refractivity contribution is 0.00578. The van der Waals surface area contributed by atoms with Gasteiger partial charge < -0.3 is 14.0 Å². The van der Waals surface area contributed by atoms with Gasteiger partial charge in [0, 0.05) is 5.46 Å². The molecule has 0 bridgehead atoms. The lowest BCUT2D eigenvalue weighted by atomic mass is 9.78. The Labute approximate surface area is 129 Å². The predicted octanol–water partition coefficient (Wildman–Crippen LogP) is 3.41. The largest absolute Gasteiger partial charge is 0.498 e. The molecule has 3 nitrogen and oxygen atoms in total. The zero-order valence-corrected chi connectivity index (χ0v) is 14.1. The maximum atomic E-state index is 6.12. The zero-order valence-electron chi connectivity index (χ0n) is 14.1. The molecule has 0 aromatic heterocycles. The van der Waals surface area contributed by atoms with Gasteiger partial charge in [-0.05, 0) is 39.7 Å². The van der Waals surface area contributed by atoms with Crippen LogP contribution in [0.1, 0.15) is 48.0 Å². The van der Waals surface area contributed by atoms with Crippen LogP contribution in [0.25, 0.3) is 0 Å². The van der Waals surface area contributed by atoms with Crippen LogP contribution in [0.3, 0.4) is 0 Å². The van der Waals surface area contributed by atoms with Crippen molar-refractivity contribution in [3.05, 3.63) is 24.3 Å². The van der Waals surface area contributed by atoms with Crippen LogP contribution in [0.5, 0.6) is 5.75 Å². The van der Waals surface area contributed by atoms with E-state index in [0.29, 0.717) is 12.5 Å². The van der Waals surface area contributed by atoms with Gasteiger partial charge in [-0.3, -0.25) is 0 Å². The van der Waals surface area contributed by atoms with Crippen molar-refractivity contribution in [1.82, 2.24) is 0 Å². The smallest absolute Gasteiger partial charge is 0.494 e. The van der Waals surface area contributed by atoms with E-state index >= 15 is 0 Å². The van der Waals surface area contributed by atoms with Crippen molar-refractivity contribution >= 4 is 12.6 Å². The molecule has 1 saturated heterocycles. The summed E-state index contributed by atoms with van der Waals surface area (Å²) in [6, 6.07) is 7.99. The lowest BCUT2D eigenvalue weighted by Gasteiger charge is -2.32. The van der Waals surface area contributed by atoms with E-state index in [9.17, 15) is 0 Å². The van der Waals surface area contributed by atoms with Crippen molar-refractivity contribution in [2.75, 3.05) is 6.61 Å². The average Bonchev–Trinajstić information content (AvgIpc) is 2.65. The van der Waals surface area contributed by atoms with Crippen LogP contribution in [-0.2, 0) is 9.31 Å². The molecule has 0 radical (unpaired) electrons. The first kappa shape index (κ1) is 16.4. The fraction of sp³-hybridized carbons (Fsp3) is 0.647. The van der Waals surface area contributed by atoms with E-state index in [1.165, 1.54) is 0 Å². The molecule has 0 amide bonds. The number of benzene rings is 1. The van der Waals surface area contributed by atoms with Gasteiger partial charge >= 0.3 is 7.12 Å². The lowest BCUT2D eigenvalue weighted by Crippen LogP contribution is -2.41. The number of hydrogen-bond acceptors (Lipinski definition) is 3. The Balaban J connectivity index is 2.18. The second-order valence-electron chi connectivity index (χ2n) is 6.95. The molecule has 0 N–H and O–H groups in total. The van der Waals surface area contributed by atoms with Gasteiger partial charge in [-0.2, -0.15) is 0 Å². The minimum absolute atomic E-state index is 0.332. The molecule has 1 aliphatic rings. The molecule has 0 saturated carbocycles. The van der Waals surface area contributed by atoms with Crippen LogP contribution in [-0.4, -0.2) is 24.9 Å². The monoisotopic (exact) mass is 290 g/mol. The molecule has 1 aliphatic heterocycles. The van der Waals surface area contributed by atoms with Crippen LogP contribution in [0.4, 0.5) is 0 Å². The highest BCUT2D eigenvalue weighted by Crippen LogP contribution is 2.37. The molecule has 21 heavy (non-hydrogen) atoms. The third-order valence-corrected chi connectivity index (χ3v) is 4.65. The molecule has 116 valence electrons. The van der Waals surface area contributed by atoms with Gasteiger partial charge in [-0.15, -0.1) is 0 Å². The average molecular weight is 290 g/mol.